The van der Waals surface area contributed by atoms with E-state index in [1.54, 1.807) is 25.1 Å². The van der Waals surface area contributed by atoms with Crippen molar-refractivity contribution in [2.45, 2.75) is 6.92 Å². The second-order valence-electron chi connectivity index (χ2n) is 2.29. The molecule has 0 fully saturated rings. The van der Waals surface area contributed by atoms with Crippen molar-refractivity contribution in [3.63, 3.8) is 0 Å². The molecular weight excluding hydrogens is 197 g/mol. The zero-order valence-electron chi connectivity index (χ0n) is 6.38. The van der Waals surface area contributed by atoms with Crippen LogP contribution in [0.2, 0.25) is 10.0 Å². The molecule has 0 atom stereocenters. The lowest BCUT2D eigenvalue weighted by atomic mass is 10.1. The standard InChI is InChI=1S/C8H7Cl2NO/c1-5(11-12)6-3-2-4-7(9)8(6)10/h2-4,12H,1H3/b11-5-. The van der Waals surface area contributed by atoms with Crippen LogP contribution in [0.3, 0.4) is 0 Å². The van der Waals surface area contributed by atoms with E-state index < -0.39 is 0 Å². The van der Waals surface area contributed by atoms with Gasteiger partial charge in [0, 0.05) is 5.56 Å². The van der Waals surface area contributed by atoms with E-state index in [0.29, 0.717) is 21.3 Å². The van der Waals surface area contributed by atoms with Crippen LogP contribution in [0.25, 0.3) is 0 Å². The van der Waals surface area contributed by atoms with Gasteiger partial charge in [-0.05, 0) is 13.0 Å². The van der Waals surface area contributed by atoms with E-state index in [1.165, 1.54) is 0 Å². The van der Waals surface area contributed by atoms with E-state index in [0.717, 1.165) is 0 Å². The molecule has 2 nitrogen and oxygen atoms in total. The second-order valence-corrected chi connectivity index (χ2v) is 3.07. The first-order valence-electron chi connectivity index (χ1n) is 3.30. The Morgan fingerprint density at radius 2 is 2.08 bits per heavy atom. The van der Waals surface area contributed by atoms with Crippen LogP contribution in [0, 0.1) is 0 Å². The lowest BCUT2D eigenvalue weighted by molar-refractivity contribution is 0.319. The first-order valence-corrected chi connectivity index (χ1v) is 4.05. The highest BCUT2D eigenvalue weighted by molar-refractivity contribution is 6.44. The Balaban J connectivity index is 3.26. The minimum atomic E-state index is 0.412. The molecule has 0 bridgehead atoms. The molecule has 0 spiro atoms. The van der Waals surface area contributed by atoms with Crippen molar-refractivity contribution >= 4 is 28.9 Å². The zero-order chi connectivity index (χ0) is 9.14. The Hall–Kier alpha value is -0.730. The molecule has 0 saturated heterocycles. The van der Waals surface area contributed by atoms with Crippen LogP contribution in [0.15, 0.2) is 23.4 Å². The van der Waals surface area contributed by atoms with Crippen LogP contribution in [0.5, 0.6) is 0 Å². The maximum atomic E-state index is 8.49. The quantitative estimate of drug-likeness (QED) is 0.425. The SMILES string of the molecule is C/C(=N/O)c1cccc(Cl)c1Cl. The topological polar surface area (TPSA) is 32.6 Å². The molecule has 0 radical (unpaired) electrons. The van der Waals surface area contributed by atoms with Crippen LogP contribution in [0.4, 0.5) is 0 Å². The average Bonchev–Trinajstić information content (AvgIpc) is 2.08. The molecule has 0 aromatic heterocycles. The molecule has 64 valence electrons. The summed E-state index contributed by atoms with van der Waals surface area (Å²) >= 11 is 11.6. The van der Waals surface area contributed by atoms with Gasteiger partial charge in [0.25, 0.3) is 0 Å². The van der Waals surface area contributed by atoms with Gasteiger partial charge in [-0.15, -0.1) is 0 Å². The van der Waals surface area contributed by atoms with Gasteiger partial charge >= 0.3 is 0 Å². The Bertz CT molecular complexity index is 323. The monoisotopic (exact) mass is 203 g/mol. The lowest BCUT2D eigenvalue weighted by Crippen LogP contribution is -1.95. The fourth-order valence-corrected chi connectivity index (χ4v) is 1.27. The number of rotatable bonds is 1. The Morgan fingerprint density at radius 1 is 1.42 bits per heavy atom. The van der Waals surface area contributed by atoms with Crippen molar-refractivity contribution in [2.24, 2.45) is 5.16 Å². The average molecular weight is 204 g/mol. The summed E-state index contributed by atoms with van der Waals surface area (Å²) in [4.78, 5) is 0. The summed E-state index contributed by atoms with van der Waals surface area (Å²) in [6, 6.07) is 5.17. The van der Waals surface area contributed by atoms with Crippen molar-refractivity contribution in [3.05, 3.63) is 33.8 Å². The molecule has 1 N–H and O–H groups in total. The third kappa shape index (κ3) is 1.71. The van der Waals surface area contributed by atoms with Gasteiger partial charge in [0.15, 0.2) is 0 Å². The molecule has 0 aliphatic heterocycles. The highest BCUT2D eigenvalue weighted by Crippen LogP contribution is 2.25. The molecule has 1 rings (SSSR count). The summed E-state index contributed by atoms with van der Waals surface area (Å²) in [7, 11) is 0. The van der Waals surface area contributed by atoms with Gasteiger partial charge in [-0.3, -0.25) is 0 Å². The van der Waals surface area contributed by atoms with E-state index in [-0.39, 0.29) is 0 Å². The van der Waals surface area contributed by atoms with Crippen molar-refractivity contribution in [1.82, 2.24) is 0 Å². The van der Waals surface area contributed by atoms with E-state index in [9.17, 15) is 0 Å². The molecule has 0 saturated carbocycles. The maximum absolute atomic E-state index is 8.49. The second kappa shape index (κ2) is 3.78. The Morgan fingerprint density at radius 3 is 2.67 bits per heavy atom. The minimum absolute atomic E-state index is 0.412. The number of nitrogens with zero attached hydrogens (tertiary/aromatic N) is 1. The van der Waals surface area contributed by atoms with Gasteiger partial charge in [0.2, 0.25) is 0 Å². The third-order valence-electron chi connectivity index (χ3n) is 1.49. The molecular formula is C8H7Cl2NO. The first-order chi connectivity index (χ1) is 5.66. The zero-order valence-corrected chi connectivity index (χ0v) is 7.89. The van der Waals surface area contributed by atoms with Crippen LogP contribution in [-0.4, -0.2) is 10.9 Å². The fraction of sp³-hybridized carbons (Fsp3) is 0.125. The number of halogens is 2. The smallest absolute Gasteiger partial charge is 0.0852 e. The number of oxime groups is 1. The predicted octanol–water partition coefficient (Wildman–Crippen LogP) is 3.19. The summed E-state index contributed by atoms with van der Waals surface area (Å²) < 4.78 is 0. The van der Waals surface area contributed by atoms with E-state index in [4.69, 9.17) is 28.4 Å². The van der Waals surface area contributed by atoms with Crippen molar-refractivity contribution in [1.29, 1.82) is 0 Å². The molecule has 0 heterocycles. The minimum Gasteiger partial charge on any atom is -0.411 e. The third-order valence-corrected chi connectivity index (χ3v) is 2.31. The molecule has 0 unspecified atom stereocenters. The molecule has 0 aliphatic rings. The summed E-state index contributed by atoms with van der Waals surface area (Å²) in [5.74, 6) is 0. The van der Waals surface area contributed by atoms with Crippen LogP contribution >= 0.6 is 23.2 Å². The lowest BCUT2D eigenvalue weighted by Gasteiger charge is -2.02. The predicted molar refractivity (Wildman–Crippen MR) is 50.5 cm³/mol. The van der Waals surface area contributed by atoms with E-state index in [2.05, 4.69) is 5.16 Å². The first kappa shape index (κ1) is 9.36. The summed E-state index contributed by atoms with van der Waals surface area (Å²) in [6.07, 6.45) is 0. The molecule has 0 amide bonds. The van der Waals surface area contributed by atoms with Crippen LogP contribution in [0.1, 0.15) is 12.5 Å². The molecule has 1 aromatic carbocycles. The normalized spacial score (nSPS) is 11.8. The van der Waals surface area contributed by atoms with Gasteiger partial charge in [-0.25, -0.2) is 0 Å². The van der Waals surface area contributed by atoms with E-state index in [1.807, 2.05) is 0 Å². The van der Waals surface area contributed by atoms with Crippen LogP contribution < -0.4 is 0 Å². The van der Waals surface area contributed by atoms with Gasteiger partial charge in [-0.2, -0.15) is 0 Å². The number of hydrogen-bond acceptors (Lipinski definition) is 2. The number of hydrogen-bond donors (Lipinski definition) is 1. The van der Waals surface area contributed by atoms with Gasteiger partial charge in [0.05, 0.1) is 15.8 Å². The van der Waals surface area contributed by atoms with E-state index >= 15 is 0 Å². The number of benzene rings is 1. The Labute approximate surface area is 80.4 Å². The maximum Gasteiger partial charge on any atom is 0.0852 e. The molecule has 12 heavy (non-hydrogen) atoms. The van der Waals surface area contributed by atoms with Gasteiger partial charge < -0.3 is 5.21 Å². The van der Waals surface area contributed by atoms with Crippen LogP contribution in [-0.2, 0) is 0 Å². The fourth-order valence-electron chi connectivity index (χ4n) is 0.837. The highest BCUT2D eigenvalue weighted by Gasteiger charge is 2.06. The summed E-state index contributed by atoms with van der Waals surface area (Å²) in [5.41, 5.74) is 1.09. The van der Waals surface area contributed by atoms with Gasteiger partial charge in [-0.1, -0.05) is 40.5 Å². The summed E-state index contributed by atoms with van der Waals surface area (Å²) in [5, 5.41) is 12.4. The van der Waals surface area contributed by atoms with Crippen molar-refractivity contribution < 1.29 is 5.21 Å². The largest absolute Gasteiger partial charge is 0.411 e. The summed E-state index contributed by atoms with van der Waals surface area (Å²) in [6.45, 7) is 1.65. The molecule has 0 aliphatic carbocycles. The molecule has 1 aromatic rings. The van der Waals surface area contributed by atoms with Gasteiger partial charge in [0.1, 0.15) is 0 Å². The van der Waals surface area contributed by atoms with Crippen molar-refractivity contribution in [2.75, 3.05) is 0 Å². The highest BCUT2D eigenvalue weighted by atomic mass is 35.5. The van der Waals surface area contributed by atoms with Crippen molar-refractivity contribution in [3.8, 4) is 0 Å². The Kier molecular flexibility index (Phi) is 2.95. The molecule has 4 heteroatoms.